The largest absolute Gasteiger partial charge is 0.408 e. The molecular formula is C15H19F3N2. The van der Waals surface area contributed by atoms with Gasteiger partial charge in [-0.1, -0.05) is 30.3 Å². The summed E-state index contributed by atoms with van der Waals surface area (Å²) in [5.74, 6) is 0.359. The summed E-state index contributed by atoms with van der Waals surface area (Å²) in [5, 5.41) is 3.24. The third-order valence-corrected chi connectivity index (χ3v) is 4.48. The Balaban J connectivity index is 1.93. The average Bonchev–Trinajstić information content (AvgIpc) is 2.88. The third kappa shape index (κ3) is 2.56. The molecule has 0 radical (unpaired) electrons. The van der Waals surface area contributed by atoms with Crippen LogP contribution in [0, 0.1) is 5.92 Å². The Morgan fingerprint density at radius 1 is 1.15 bits per heavy atom. The van der Waals surface area contributed by atoms with Crippen molar-refractivity contribution in [1.82, 2.24) is 10.2 Å². The van der Waals surface area contributed by atoms with Gasteiger partial charge in [-0.05, 0) is 37.4 Å². The second kappa shape index (κ2) is 5.37. The average molecular weight is 284 g/mol. The molecule has 20 heavy (non-hydrogen) atoms. The molecule has 0 aromatic heterocycles. The van der Waals surface area contributed by atoms with E-state index in [1.165, 1.54) is 0 Å². The zero-order chi connectivity index (χ0) is 14.2. The highest BCUT2D eigenvalue weighted by Gasteiger charge is 2.49. The van der Waals surface area contributed by atoms with Gasteiger partial charge in [0.15, 0.2) is 0 Å². The van der Waals surface area contributed by atoms with Crippen molar-refractivity contribution in [2.24, 2.45) is 5.92 Å². The van der Waals surface area contributed by atoms with Crippen molar-refractivity contribution in [3.8, 4) is 0 Å². The quantitative estimate of drug-likeness (QED) is 0.898. The lowest BCUT2D eigenvalue weighted by atomic mass is 9.89. The standard InChI is InChI=1S/C15H19F3N2/c16-15(17,18)14(11-5-2-1-3-6-11)20-8-4-7-12-9-19-10-13(12)20/h1-3,5-6,12-14,19H,4,7-10H2. The zero-order valence-corrected chi connectivity index (χ0v) is 11.2. The number of rotatable bonds is 2. The molecule has 1 aromatic rings. The van der Waals surface area contributed by atoms with E-state index in [9.17, 15) is 13.2 Å². The van der Waals surface area contributed by atoms with Gasteiger partial charge in [0.1, 0.15) is 6.04 Å². The minimum Gasteiger partial charge on any atom is -0.315 e. The molecule has 2 heterocycles. The van der Waals surface area contributed by atoms with E-state index >= 15 is 0 Å². The van der Waals surface area contributed by atoms with Crippen LogP contribution in [0.1, 0.15) is 24.4 Å². The molecule has 0 bridgehead atoms. The van der Waals surface area contributed by atoms with E-state index in [1.54, 1.807) is 35.2 Å². The van der Waals surface area contributed by atoms with Crippen molar-refractivity contribution < 1.29 is 13.2 Å². The smallest absolute Gasteiger partial charge is 0.315 e. The Morgan fingerprint density at radius 3 is 2.60 bits per heavy atom. The molecule has 0 amide bonds. The molecule has 110 valence electrons. The molecule has 0 spiro atoms. The predicted molar refractivity (Wildman–Crippen MR) is 71.3 cm³/mol. The summed E-state index contributed by atoms with van der Waals surface area (Å²) in [6.45, 7) is 2.05. The van der Waals surface area contributed by atoms with Crippen LogP contribution in [0.5, 0.6) is 0 Å². The first kappa shape index (κ1) is 13.9. The van der Waals surface area contributed by atoms with E-state index in [4.69, 9.17) is 0 Å². The summed E-state index contributed by atoms with van der Waals surface area (Å²) in [6.07, 6.45) is -2.35. The molecule has 1 N–H and O–H groups in total. The maximum atomic E-state index is 13.6. The zero-order valence-electron chi connectivity index (χ0n) is 11.2. The van der Waals surface area contributed by atoms with Crippen molar-refractivity contribution in [1.29, 1.82) is 0 Å². The number of nitrogens with zero attached hydrogens (tertiary/aromatic N) is 1. The fourth-order valence-corrected chi connectivity index (χ4v) is 3.63. The van der Waals surface area contributed by atoms with Gasteiger partial charge in [-0.2, -0.15) is 13.2 Å². The SMILES string of the molecule is FC(F)(F)C(c1ccccc1)N1CCCC2CNCC21. The van der Waals surface area contributed by atoms with E-state index < -0.39 is 12.2 Å². The van der Waals surface area contributed by atoms with Crippen LogP contribution in [-0.4, -0.2) is 36.8 Å². The lowest BCUT2D eigenvalue weighted by molar-refractivity contribution is -0.197. The van der Waals surface area contributed by atoms with Gasteiger partial charge in [0.05, 0.1) is 0 Å². The molecule has 2 nitrogen and oxygen atoms in total. The number of alkyl halides is 3. The van der Waals surface area contributed by atoms with Crippen molar-refractivity contribution in [3.63, 3.8) is 0 Å². The van der Waals surface area contributed by atoms with Gasteiger partial charge in [0.2, 0.25) is 0 Å². The van der Waals surface area contributed by atoms with Crippen molar-refractivity contribution in [2.75, 3.05) is 19.6 Å². The van der Waals surface area contributed by atoms with Gasteiger partial charge in [-0.15, -0.1) is 0 Å². The molecular weight excluding hydrogens is 265 g/mol. The minimum atomic E-state index is -4.23. The van der Waals surface area contributed by atoms with Gasteiger partial charge in [-0.25, -0.2) is 0 Å². The van der Waals surface area contributed by atoms with Crippen LogP contribution in [0.25, 0.3) is 0 Å². The maximum absolute atomic E-state index is 13.6. The summed E-state index contributed by atoms with van der Waals surface area (Å²) in [4.78, 5) is 1.67. The molecule has 2 fully saturated rings. The lowest BCUT2D eigenvalue weighted by Gasteiger charge is -2.42. The van der Waals surface area contributed by atoms with Gasteiger partial charge in [0.25, 0.3) is 0 Å². The molecule has 3 rings (SSSR count). The van der Waals surface area contributed by atoms with E-state index in [0.717, 1.165) is 19.4 Å². The first-order chi connectivity index (χ1) is 9.57. The Kier molecular flexibility index (Phi) is 3.73. The predicted octanol–water partition coefficient (Wildman–Crippen LogP) is 2.97. The summed E-state index contributed by atoms with van der Waals surface area (Å²) in [7, 11) is 0. The Bertz CT molecular complexity index is 446. The highest BCUT2D eigenvalue weighted by Crippen LogP contribution is 2.42. The van der Waals surface area contributed by atoms with Crippen LogP contribution in [0.15, 0.2) is 30.3 Å². The number of nitrogens with one attached hydrogen (secondary N) is 1. The second-order valence-corrected chi connectivity index (χ2v) is 5.72. The summed E-state index contributed by atoms with van der Waals surface area (Å²) >= 11 is 0. The number of likely N-dealkylation sites (tertiary alicyclic amines) is 1. The van der Waals surface area contributed by atoms with Crippen LogP contribution in [-0.2, 0) is 0 Å². The molecule has 2 aliphatic heterocycles. The second-order valence-electron chi connectivity index (χ2n) is 5.72. The fourth-order valence-electron chi connectivity index (χ4n) is 3.63. The molecule has 3 atom stereocenters. The topological polar surface area (TPSA) is 15.3 Å². The number of halogens is 3. The van der Waals surface area contributed by atoms with Gasteiger partial charge >= 0.3 is 6.18 Å². The highest BCUT2D eigenvalue weighted by atomic mass is 19.4. The van der Waals surface area contributed by atoms with Crippen LogP contribution in [0.3, 0.4) is 0 Å². The summed E-state index contributed by atoms with van der Waals surface area (Å²) in [5.41, 5.74) is 0.354. The van der Waals surface area contributed by atoms with Crippen molar-refractivity contribution >= 4 is 0 Å². The molecule has 3 unspecified atom stereocenters. The summed E-state index contributed by atoms with van der Waals surface area (Å²) in [6, 6.07) is 6.83. The number of benzene rings is 1. The van der Waals surface area contributed by atoms with E-state index in [1.807, 2.05) is 0 Å². The number of hydrogen-bond donors (Lipinski definition) is 1. The number of fused-ring (bicyclic) bond motifs is 1. The Morgan fingerprint density at radius 2 is 1.90 bits per heavy atom. The molecule has 0 saturated carbocycles. The molecule has 1 aromatic carbocycles. The van der Waals surface area contributed by atoms with E-state index in [-0.39, 0.29) is 6.04 Å². The van der Waals surface area contributed by atoms with Gasteiger partial charge < -0.3 is 5.32 Å². The Labute approximate surface area is 117 Å². The molecule has 2 aliphatic rings. The molecule has 2 saturated heterocycles. The first-order valence-corrected chi connectivity index (χ1v) is 7.15. The van der Waals surface area contributed by atoms with E-state index in [2.05, 4.69) is 5.32 Å². The molecule has 5 heteroatoms. The summed E-state index contributed by atoms with van der Waals surface area (Å²) < 4.78 is 40.8. The van der Waals surface area contributed by atoms with Crippen LogP contribution in [0.4, 0.5) is 13.2 Å². The van der Waals surface area contributed by atoms with Crippen molar-refractivity contribution in [2.45, 2.75) is 31.1 Å². The lowest BCUT2D eigenvalue weighted by Crippen LogP contribution is -2.50. The van der Waals surface area contributed by atoms with Crippen molar-refractivity contribution in [3.05, 3.63) is 35.9 Å². The minimum absolute atomic E-state index is 0.00980. The third-order valence-electron chi connectivity index (χ3n) is 4.48. The monoisotopic (exact) mass is 284 g/mol. The highest BCUT2D eigenvalue weighted by molar-refractivity contribution is 5.21. The van der Waals surface area contributed by atoms with Crippen LogP contribution in [0.2, 0.25) is 0 Å². The van der Waals surface area contributed by atoms with Crippen LogP contribution >= 0.6 is 0 Å². The van der Waals surface area contributed by atoms with E-state index in [0.29, 0.717) is 24.6 Å². The van der Waals surface area contributed by atoms with Gasteiger partial charge in [-0.3, -0.25) is 4.90 Å². The maximum Gasteiger partial charge on any atom is 0.408 e. The first-order valence-electron chi connectivity index (χ1n) is 7.15. The Hall–Kier alpha value is -1.07. The number of piperidine rings is 1. The molecule has 0 aliphatic carbocycles. The van der Waals surface area contributed by atoms with Crippen LogP contribution < -0.4 is 5.32 Å². The normalized spacial score (nSPS) is 29.1. The number of hydrogen-bond acceptors (Lipinski definition) is 2. The van der Waals surface area contributed by atoms with Gasteiger partial charge in [0, 0.05) is 12.6 Å². The fraction of sp³-hybridized carbons (Fsp3) is 0.600.